The van der Waals surface area contributed by atoms with Gasteiger partial charge in [0.05, 0.1) is 0 Å². The summed E-state index contributed by atoms with van der Waals surface area (Å²) in [6, 6.07) is 7.95. The number of halogens is 1. The number of aromatic nitrogens is 3. The Hall–Kier alpha value is -3.88. The van der Waals surface area contributed by atoms with Gasteiger partial charge in [0.15, 0.2) is 12.4 Å². The second-order valence-corrected chi connectivity index (χ2v) is 8.05. The third kappa shape index (κ3) is 3.45. The van der Waals surface area contributed by atoms with E-state index < -0.39 is 11.6 Å². The highest BCUT2D eigenvalue weighted by Gasteiger charge is 2.49. The molecule has 1 aromatic carbocycles. The Bertz CT molecular complexity index is 1210. The van der Waals surface area contributed by atoms with Gasteiger partial charge >= 0.3 is 5.97 Å². The molecule has 0 bridgehead atoms. The molecule has 2 aromatic heterocycles. The molecular formula is C23H19FN4O4. The molecule has 1 aliphatic heterocycles. The standard InChI is InChI=1S/C23H19FN4O4/c24-19-4-2-1-3-16(19)15-11-25-22(26-12-15)27-20(29)14-5-8-23(9-6-14)18-7-10-28(31)13-17(18)21(30)32-23/h1-4,7,10-14H,5-6,8-9H2,(H,25,26,27,29). The minimum absolute atomic E-state index is 0.146. The number of nitrogens with one attached hydrogen (secondary N) is 1. The van der Waals surface area contributed by atoms with E-state index in [1.807, 2.05) is 0 Å². The van der Waals surface area contributed by atoms with Gasteiger partial charge in [-0.3, -0.25) is 10.1 Å². The number of anilines is 1. The molecule has 1 N–H and O–H groups in total. The van der Waals surface area contributed by atoms with E-state index in [0.717, 1.165) is 0 Å². The van der Waals surface area contributed by atoms with Crippen molar-refractivity contribution >= 4 is 17.8 Å². The van der Waals surface area contributed by atoms with Crippen molar-refractivity contribution in [3.63, 3.8) is 0 Å². The Labute approximate surface area is 182 Å². The predicted octanol–water partition coefficient (Wildman–Crippen LogP) is 3.11. The maximum Gasteiger partial charge on any atom is 0.345 e. The minimum atomic E-state index is -0.782. The van der Waals surface area contributed by atoms with Crippen LogP contribution in [0.3, 0.4) is 0 Å². The van der Waals surface area contributed by atoms with Gasteiger partial charge in [-0.25, -0.2) is 19.2 Å². The fourth-order valence-corrected chi connectivity index (χ4v) is 4.48. The summed E-state index contributed by atoms with van der Waals surface area (Å²) in [4.78, 5) is 33.2. The average molecular weight is 434 g/mol. The first-order chi connectivity index (χ1) is 15.4. The number of carbonyl (C=O) groups excluding carboxylic acids is 2. The molecule has 1 saturated carbocycles. The highest BCUT2D eigenvalue weighted by atomic mass is 19.1. The van der Waals surface area contributed by atoms with Gasteiger partial charge in [0, 0.05) is 41.1 Å². The fraction of sp³-hybridized carbons (Fsp3) is 0.261. The molecule has 1 aliphatic carbocycles. The molecule has 162 valence electrons. The molecule has 9 heteroatoms. The van der Waals surface area contributed by atoms with Crippen LogP contribution in [0.1, 0.15) is 41.6 Å². The zero-order valence-electron chi connectivity index (χ0n) is 17.0. The van der Waals surface area contributed by atoms with Crippen molar-refractivity contribution < 1.29 is 23.4 Å². The summed E-state index contributed by atoms with van der Waals surface area (Å²) < 4.78 is 20.1. The van der Waals surface area contributed by atoms with Crippen LogP contribution < -0.4 is 10.0 Å². The van der Waals surface area contributed by atoms with E-state index in [-0.39, 0.29) is 29.2 Å². The van der Waals surface area contributed by atoms with Crippen molar-refractivity contribution in [2.75, 3.05) is 5.32 Å². The molecular weight excluding hydrogens is 415 g/mol. The van der Waals surface area contributed by atoms with E-state index in [2.05, 4.69) is 15.3 Å². The molecule has 2 aliphatic rings. The Morgan fingerprint density at radius 3 is 2.59 bits per heavy atom. The van der Waals surface area contributed by atoms with Crippen LogP contribution in [-0.2, 0) is 15.1 Å². The van der Waals surface area contributed by atoms with Crippen LogP contribution in [0, 0.1) is 16.9 Å². The fourth-order valence-electron chi connectivity index (χ4n) is 4.48. The van der Waals surface area contributed by atoms with Crippen LogP contribution >= 0.6 is 0 Å². The van der Waals surface area contributed by atoms with Gasteiger partial charge in [-0.05, 0) is 31.7 Å². The summed E-state index contributed by atoms with van der Waals surface area (Å²) >= 11 is 0. The van der Waals surface area contributed by atoms with Crippen molar-refractivity contribution in [1.29, 1.82) is 0 Å². The van der Waals surface area contributed by atoms with Crippen LogP contribution in [0.2, 0.25) is 0 Å². The predicted molar refractivity (Wildman–Crippen MR) is 111 cm³/mol. The average Bonchev–Trinajstić information content (AvgIpc) is 3.05. The summed E-state index contributed by atoms with van der Waals surface area (Å²) in [6.07, 6.45) is 7.51. The van der Waals surface area contributed by atoms with Crippen molar-refractivity contribution in [2.24, 2.45) is 5.92 Å². The lowest BCUT2D eigenvalue weighted by molar-refractivity contribution is -0.605. The van der Waals surface area contributed by atoms with Crippen molar-refractivity contribution in [3.05, 3.63) is 77.3 Å². The zero-order chi connectivity index (χ0) is 22.3. The molecule has 0 radical (unpaired) electrons. The Morgan fingerprint density at radius 2 is 1.88 bits per heavy atom. The topological polar surface area (TPSA) is 108 Å². The van der Waals surface area contributed by atoms with E-state index in [9.17, 15) is 19.2 Å². The van der Waals surface area contributed by atoms with E-state index >= 15 is 0 Å². The maximum atomic E-state index is 13.9. The van der Waals surface area contributed by atoms with Gasteiger partial charge in [-0.15, -0.1) is 0 Å². The van der Waals surface area contributed by atoms with Crippen LogP contribution in [-0.4, -0.2) is 21.8 Å². The normalized spacial score (nSPS) is 21.8. The second-order valence-electron chi connectivity index (χ2n) is 8.05. The van der Waals surface area contributed by atoms with Gasteiger partial charge in [-0.2, -0.15) is 4.73 Å². The van der Waals surface area contributed by atoms with Crippen molar-refractivity contribution in [3.8, 4) is 11.1 Å². The molecule has 0 unspecified atom stereocenters. The summed E-state index contributed by atoms with van der Waals surface area (Å²) in [6.45, 7) is 0. The van der Waals surface area contributed by atoms with Crippen LogP contribution in [0.4, 0.5) is 10.3 Å². The number of fused-ring (bicyclic) bond motifs is 2. The molecule has 1 spiro atoms. The number of hydrogen-bond acceptors (Lipinski definition) is 6. The number of rotatable bonds is 3. The van der Waals surface area contributed by atoms with Crippen molar-refractivity contribution in [2.45, 2.75) is 31.3 Å². The molecule has 3 aromatic rings. The molecule has 32 heavy (non-hydrogen) atoms. The minimum Gasteiger partial charge on any atom is -0.619 e. The van der Waals surface area contributed by atoms with Gasteiger partial charge in [-0.1, -0.05) is 18.2 Å². The smallest absolute Gasteiger partial charge is 0.345 e. The largest absolute Gasteiger partial charge is 0.619 e. The quantitative estimate of drug-likeness (QED) is 0.386. The number of carbonyl (C=O) groups is 2. The lowest BCUT2D eigenvalue weighted by atomic mass is 9.75. The van der Waals surface area contributed by atoms with Crippen LogP contribution in [0.5, 0.6) is 0 Å². The second kappa shape index (κ2) is 7.67. The number of nitrogens with zero attached hydrogens (tertiary/aromatic N) is 3. The summed E-state index contributed by atoms with van der Waals surface area (Å²) in [5.74, 6) is -1.23. The summed E-state index contributed by atoms with van der Waals surface area (Å²) in [5, 5.41) is 14.2. The zero-order valence-corrected chi connectivity index (χ0v) is 17.0. The van der Waals surface area contributed by atoms with Crippen LogP contribution in [0.25, 0.3) is 11.1 Å². The highest BCUT2D eigenvalue weighted by molar-refractivity contribution is 5.94. The Balaban J connectivity index is 1.24. The summed E-state index contributed by atoms with van der Waals surface area (Å²) in [7, 11) is 0. The number of hydrogen-bond donors (Lipinski definition) is 1. The molecule has 3 heterocycles. The van der Waals surface area contributed by atoms with Gasteiger partial charge < -0.3 is 9.94 Å². The van der Waals surface area contributed by atoms with Gasteiger partial charge in [0.1, 0.15) is 17.0 Å². The monoisotopic (exact) mass is 434 g/mol. The molecule has 5 rings (SSSR count). The molecule has 8 nitrogen and oxygen atoms in total. The maximum absolute atomic E-state index is 13.9. The SMILES string of the molecule is O=C1OC2(CCC(C(=O)Nc3ncc(-c4ccccc4F)cn3)CC2)c2cc[n+]([O-])cc21. The van der Waals surface area contributed by atoms with Gasteiger partial charge in [0.25, 0.3) is 0 Å². The molecule has 1 fully saturated rings. The number of ether oxygens (including phenoxy) is 1. The lowest BCUT2D eigenvalue weighted by Crippen LogP contribution is -2.36. The van der Waals surface area contributed by atoms with Crippen LogP contribution in [0.15, 0.2) is 55.1 Å². The van der Waals surface area contributed by atoms with E-state index in [1.165, 1.54) is 30.9 Å². The molecule has 0 saturated heterocycles. The molecule has 0 atom stereocenters. The Kier molecular flexibility index (Phi) is 4.80. The van der Waals surface area contributed by atoms with Gasteiger partial charge in [0.2, 0.25) is 11.9 Å². The number of benzene rings is 1. The van der Waals surface area contributed by atoms with E-state index in [0.29, 0.717) is 47.1 Å². The number of esters is 1. The van der Waals surface area contributed by atoms with E-state index in [4.69, 9.17) is 4.74 Å². The van der Waals surface area contributed by atoms with Crippen molar-refractivity contribution in [1.82, 2.24) is 9.97 Å². The third-order valence-electron chi connectivity index (χ3n) is 6.17. The Morgan fingerprint density at radius 1 is 1.16 bits per heavy atom. The lowest BCUT2D eigenvalue weighted by Gasteiger charge is -2.35. The number of pyridine rings is 1. The first-order valence-corrected chi connectivity index (χ1v) is 10.3. The third-order valence-corrected chi connectivity index (χ3v) is 6.17. The first-order valence-electron chi connectivity index (χ1n) is 10.3. The summed E-state index contributed by atoms with van der Waals surface area (Å²) in [5.41, 5.74) is 1.11. The highest BCUT2D eigenvalue weighted by Crippen LogP contribution is 2.47. The molecule has 1 amide bonds. The number of amides is 1. The first kappa shape index (κ1) is 20.0. The van der Waals surface area contributed by atoms with E-state index in [1.54, 1.807) is 24.3 Å².